The molecule has 0 aliphatic carbocycles. The van der Waals surface area contributed by atoms with Crippen LogP contribution in [0.3, 0.4) is 0 Å². The summed E-state index contributed by atoms with van der Waals surface area (Å²) in [6, 6.07) is 16.1. The van der Waals surface area contributed by atoms with Crippen molar-refractivity contribution < 1.29 is 128 Å². The fraction of sp³-hybridized carbons (Fsp3) is 0.353. The summed E-state index contributed by atoms with van der Waals surface area (Å²) in [4.78, 5) is 25.6. The van der Waals surface area contributed by atoms with Crippen LogP contribution in [0, 0.1) is 0 Å². The van der Waals surface area contributed by atoms with Gasteiger partial charge in [0.15, 0.2) is 35.4 Å². The summed E-state index contributed by atoms with van der Waals surface area (Å²) in [5.41, 5.74) is 0.493. The van der Waals surface area contributed by atoms with Crippen molar-refractivity contribution in [2.75, 3.05) is 19.8 Å². The number of aliphatic hydroxyl groups is 9. The highest BCUT2D eigenvalue weighted by Crippen LogP contribution is 2.44. The van der Waals surface area contributed by atoms with Gasteiger partial charge in [0.05, 0.1) is 18.2 Å². The Kier molecular flexibility index (Phi) is 17.3. The number of rotatable bonds is 16. The number of carbonyl (C=O) groups is 2. The Morgan fingerprint density at radius 2 is 1.04 bits per heavy atom. The van der Waals surface area contributed by atoms with E-state index in [4.69, 9.17) is 42.3 Å². The SMILES string of the molecule is O=C(/C=C/c1ccc(O)cc1)OCC1O[C@@H](OC2[C@H](Oc3cc4c(O[C@@H]5OC(CO)[C@@H](O)[C@H](O)C5O)cc(O)cc4[o+]c3-c3ccc(O)c(O)c3)OC(COC(=O)/C=C/c3ccc(O)c(O)c3)[C@@H](O)[C@@H]2O)C(O)[C@@H](O)[C@@H]1O. The molecule has 77 heavy (non-hydrogen) atoms. The number of hydrogen-bond acceptors (Lipinski definition) is 25. The number of fused-ring (bicyclic) bond motifs is 1. The van der Waals surface area contributed by atoms with Gasteiger partial charge < -0.3 is 114 Å². The fourth-order valence-corrected chi connectivity index (χ4v) is 8.22. The van der Waals surface area contributed by atoms with Crippen LogP contribution in [0.25, 0.3) is 34.4 Å². The minimum atomic E-state index is -2.17. The highest BCUT2D eigenvalue weighted by atomic mass is 16.8. The molecule has 3 fully saturated rings. The van der Waals surface area contributed by atoms with Crippen LogP contribution in [0.5, 0.6) is 46.0 Å². The largest absolute Gasteiger partial charge is 0.508 e. The zero-order valence-electron chi connectivity index (χ0n) is 39.8. The van der Waals surface area contributed by atoms with Gasteiger partial charge in [-0.15, -0.1) is 0 Å². The molecule has 412 valence electrons. The summed E-state index contributed by atoms with van der Waals surface area (Å²) in [5, 5.41) is 158. The lowest BCUT2D eigenvalue weighted by Gasteiger charge is -2.45. The summed E-state index contributed by atoms with van der Waals surface area (Å²) in [6.07, 6.45) is -24.2. The van der Waals surface area contributed by atoms with Gasteiger partial charge in [-0.1, -0.05) is 18.2 Å². The molecule has 4 heterocycles. The maximum Gasteiger partial charge on any atom is 0.402 e. The van der Waals surface area contributed by atoms with Crippen LogP contribution in [0.15, 0.2) is 95.4 Å². The van der Waals surface area contributed by atoms with Gasteiger partial charge in [-0.05, 0) is 59.7 Å². The minimum Gasteiger partial charge on any atom is -0.508 e. The van der Waals surface area contributed by atoms with Crippen LogP contribution in [0.4, 0.5) is 0 Å². The molecule has 15 N–H and O–H groups in total. The number of carbonyl (C=O) groups excluding carboxylic acids is 2. The molecular formula is C51H53O26+. The number of phenols is 6. The highest BCUT2D eigenvalue weighted by Gasteiger charge is 2.53. The molecule has 4 aromatic carbocycles. The number of esters is 2. The second-order valence-electron chi connectivity index (χ2n) is 17.8. The number of benzene rings is 4. The lowest BCUT2D eigenvalue weighted by atomic mass is 9.97. The molecule has 26 heteroatoms. The Labute approximate surface area is 434 Å². The van der Waals surface area contributed by atoms with E-state index in [0.29, 0.717) is 5.56 Å². The van der Waals surface area contributed by atoms with E-state index in [1.54, 1.807) is 0 Å². The van der Waals surface area contributed by atoms with Crippen molar-refractivity contribution in [3.05, 3.63) is 102 Å². The Morgan fingerprint density at radius 3 is 1.66 bits per heavy atom. The van der Waals surface area contributed by atoms with Crippen molar-refractivity contribution in [3.63, 3.8) is 0 Å². The second-order valence-corrected chi connectivity index (χ2v) is 17.8. The van der Waals surface area contributed by atoms with E-state index in [9.17, 15) is 86.2 Å². The zero-order valence-corrected chi connectivity index (χ0v) is 39.8. The summed E-state index contributed by atoms with van der Waals surface area (Å²) < 4.78 is 52.4. The first-order valence-electron chi connectivity index (χ1n) is 23.4. The van der Waals surface area contributed by atoms with Crippen LogP contribution in [-0.2, 0) is 38.0 Å². The van der Waals surface area contributed by atoms with E-state index in [1.807, 2.05) is 0 Å². The Bertz CT molecular complexity index is 2950. The van der Waals surface area contributed by atoms with E-state index in [2.05, 4.69) is 0 Å². The van der Waals surface area contributed by atoms with E-state index < -0.39 is 158 Å². The van der Waals surface area contributed by atoms with Crippen LogP contribution in [-0.4, -0.2) is 200 Å². The number of aromatic hydroxyl groups is 6. The lowest BCUT2D eigenvalue weighted by molar-refractivity contribution is -0.358. The van der Waals surface area contributed by atoms with Gasteiger partial charge in [-0.3, -0.25) is 0 Å². The Hall–Kier alpha value is -7.41. The Balaban J connectivity index is 1.13. The smallest absolute Gasteiger partial charge is 0.402 e. The molecule has 5 aromatic rings. The maximum absolute atomic E-state index is 12.9. The third-order valence-electron chi connectivity index (χ3n) is 12.5. The predicted molar refractivity (Wildman–Crippen MR) is 256 cm³/mol. The molecular weight excluding hydrogens is 1030 g/mol. The molecule has 8 rings (SSSR count). The number of hydrogen-bond donors (Lipinski definition) is 15. The van der Waals surface area contributed by atoms with Crippen molar-refractivity contribution >= 4 is 35.1 Å². The first-order chi connectivity index (χ1) is 36.7. The molecule has 26 nitrogen and oxygen atoms in total. The van der Waals surface area contributed by atoms with Gasteiger partial charge in [0.25, 0.3) is 0 Å². The van der Waals surface area contributed by atoms with Gasteiger partial charge in [-0.2, -0.15) is 0 Å². The van der Waals surface area contributed by atoms with E-state index in [-0.39, 0.29) is 39.4 Å². The molecule has 0 amide bonds. The Morgan fingerprint density at radius 1 is 0.506 bits per heavy atom. The van der Waals surface area contributed by atoms with E-state index in [0.717, 1.165) is 42.5 Å². The van der Waals surface area contributed by atoms with Gasteiger partial charge in [0, 0.05) is 30.4 Å². The van der Waals surface area contributed by atoms with E-state index in [1.165, 1.54) is 60.7 Å². The number of ether oxygens (including phenoxy) is 8. The molecule has 0 radical (unpaired) electrons. The topological polar surface area (TPSA) is 423 Å². The first kappa shape index (κ1) is 55.8. The third-order valence-corrected chi connectivity index (χ3v) is 12.5. The monoisotopic (exact) mass is 1080 g/mol. The summed E-state index contributed by atoms with van der Waals surface area (Å²) in [6.45, 7) is -2.41. The molecule has 0 bridgehead atoms. The van der Waals surface area contributed by atoms with Crippen molar-refractivity contribution in [1.82, 2.24) is 0 Å². The minimum absolute atomic E-state index is 0.0193. The lowest BCUT2D eigenvalue weighted by Crippen LogP contribution is -2.65. The van der Waals surface area contributed by atoms with Gasteiger partial charge in [0.2, 0.25) is 18.3 Å². The maximum atomic E-state index is 12.9. The molecule has 15 atom stereocenters. The average molecular weight is 1080 g/mol. The molecule has 3 saturated heterocycles. The van der Waals surface area contributed by atoms with Crippen LogP contribution < -0.4 is 9.47 Å². The molecule has 3 aliphatic rings. The fourth-order valence-electron chi connectivity index (χ4n) is 8.22. The van der Waals surface area contributed by atoms with Crippen molar-refractivity contribution in [1.29, 1.82) is 0 Å². The normalized spacial score (nSPS) is 29.6. The summed E-state index contributed by atoms with van der Waals surface area (Å²) in [5.74, 6) is -5.82. The van der Waals surface area contributed by atoms with Gasteiger partial charge in [-0.25, -0.2) is 14.0 Å². The number of phenolic OH excluding ortho intramolecular Hbond substituents is 6. The number of aliphatic hydroxyl groups excluding tert-OH is 9. The predicted octanol–water partition coefficient (Wildman–Crippen LogP) is -0.675. The quantitative estimate of drug-likeness (QED) is 0.0252. The van der Waals surface area contributed by atoms with Crippen molar-refractivity contribution in [3.8, 4) is 57.3 Å². The van der Waals surface area contributed by atoms with Crippen molar-refractivity contribution in [2.24, 2.45) is 0 Å². The molecule has 0 spiro atoms. The second kappa shape index (κ2) is 23.9. The highest BCUT2D eigenvalue weighted by molar-refractivity contribution is 5.89. The molecule has 3 aliphatic heterocycles. The van der Waals surface area contributed by atoms with Crippen LogP contribution in [0.1, 0.15) is 11.1 Å². The molecule has 1 aromatic heterocycles. The first-order valence-corrected chi connectivity index (χ1v) is 23.4. The standard InChI is InChI=1S/C51H52O26/c52-18-34-39(61)42(64)45(67)49(74-34)72-32-16-25(54)15-31-26(32)17-33(47(71-31)23-6-10-28(56)30(58)14-23)73-51-48(44(66)41(63)36(76-51)20-70-38(60)12-5-22-3-9-27(55)29(57)13-22)77-50-46(68)43(65)40(62)35(75-50)19-69-37(59)11-4-21-1-7-24(53)8-2-21/h1-17,34-36,39-46,48-52,61-68H,18-20H2,(H5-,53,54,55,56,57,58,59,60)/p+1/t34?,35?,36?,39-,40-,41-,42+,43+,44+,45?,46?,48?,49-,50+,51-/m1/s1. The summed E-state index contributed by atoms with van der Waals surface area (Å²) >= 11 is 0. The van der Waals surface area contributed by atoms with Crippen LogP contribution in [0.2, 0.25) is 0 Å². The van der Waals surface area contributed by atoms with Crippen LogP contribution >= 0.6 is 0 Å². The molecule has 0 saturated carbocycles. The van der Waals surface area contributed by atoms with Crippen molar-refractivity contribution in [2.45, 2.75) is 92.1 Å². The third kappa shape index (κ3) is 12.7. The zero-order chi connectivity index (χ0) is 55.4. The summed E-state index contributed by atoms with van der Waals surface area (Å²) in [7, 11) is 0. The average Bonchev–Trinajstić information content (AvgIpc) is 3.40. The van der Waals surface area contributed by atoms with Gasteiger partial charge in [0.1, 0.15) is 103 Å². The van der Waals surface area contributed by atoms with E-state index >= 15 is 0 Å². The van der Waals surface area contributed by atoms with Gasteiger partial charge >= 0.3 is 23.3 Å². The molecule has 6 unspecified atom stereocenters.